The largest absolute Gasteiger partial charge is 0.416 e. The van der Waals surface area contributed by atoms with E-state index in [2.05, 4.69) is 10.3 Å². The second-order valence-corrected chi connectivity index (χ2v) is 6.11. The zero-order valence-corrected chi connectivity index (χ0v) is 13.3. The maximum Gasteiger partial charge on any atom is 0.416 e. The number of alkyl halides is 3. The van der Waals surface area contributed by atoms with E-state index in [1.165, 1.54) is 36.4 Å². The molecule has 2 aromatic rings. The van der Waals surface area contributed by atoms with Gasteiger partial charge in [-0.2, -0.15) is 13.2 Å². The second kappa shape index (κ2) is 6.72. The van der Waals surface area contributed by atoms with Crippen LogP contribution in [0.15, 0.2) is 58.4 Å². The molecule has 0 unspecified atom stereocenters. The van der Waals surface area contributed by atoms with Crippen molar-refractivity contribution in [3.05, 3.63) is 70.4 Å². The molecule has 0 aliphatic carbocycles. The van der Waals surface area contributed by atoms with Crippen LogP contribution in [0.4, 0.5) is 23.2 Å². The Kier molecular flexibility index (Phi) is 4.63. The predicted molar refractivity (Wildman–Crippen MR) is 88.6 cm³/mol. The van der Waals surface area contributed by atoms with Gasteiger partial charge in [0.25, 0.3) is 5.91 Å². The van der Waals surface area contributed by atoms with Crippen LogP contribution in [0.25, 0.3) is 6.08 Å². The first-order valence-corrected chi connectivity index (χ1v) is 7.85. The van der Waals surface area contributed by atoms with Crippen LogP contribution in [0, 0.1) is 5.82 Å². The summed E-state index contributed by atoms with van der Waals surface area (Å²) in [5.74, 6) is -0.808. The fourth-order valence-electron chi connectivity index (χ4n) is 2.06. The summed E-state index contributed by atoms with van der Waals surface area (Å²) in [6.07, 6.45) is -2.91. The highest BCUT2D eigenvalue weighted by Crippen LogP contribution is 2.33. The van der Waals surface area contributed by atoms with Gasteiger partial charge >= 0.3 is 6.18 Å². The Balaban J connectivity index is 1.82. The summed E-state index contributed by atoms with van der Waals surface area (Å²) >= 11 is 1.00. The third-order valence-corrected chi connectivity index (χ3v) is 4.13. The summed E-state index contributed by atoms with van der Waals surface area (Å²) in [7, 11) is 0. The van der Waals surface area contributed by atoms with Gasteiger partial charge in [-0.3, -0.25) is 4.79 Å². The Labute approximate surface area is 144 Å². The van der Waals surface area contributed by atoms with Crippen molar-refractivity contribution in [2.75, 3.05) is 0 Å². The number of hydrogen-bond acceptors (Lipinski definition) is 3. The molecule has 1 fully saturated rings. The minimum atomic E-state index is -4.46. The Morgan fingerprint density at radius 1 is 1.08 bits per heavy atom. The lowest BCUT2D eigenvalue weighted by Crippen LogP contribution is -2.19. The minimum Gasteiger partial charge on any atom is -0.300 e. The molecule has 1 aliphatic rings. The Bertz CT molecular complexity index is 873. The number of nitrogens with zero attached hydrogens (tertiary/aromatic N) is 1. The van der Waals surface area contributed by atoms with Gasteiger partial charge in [0.15, 0.2) is 5.17 Å². The number of amides is 1. The van der Waals surface area contributed by atoms with Crippen LogP contribution < -0.4 is 5.32 Å². The number of hydrogen-bond donors (Lipinski definition) is 1. The van der Waals surface area contributed by atoms with E-state index in [4.69, 9.17) is 0 Å². The molecule has 0 bridgehead atoms. The van der Waals surface area contributed by atoms with Crippen LogP contribution in [0.5, 0.6) is 0 Å². The normalized spacial score (nSPS) is 18.0. The summed E-state index contributed by atoms with van der Waals surface area (Å²) < 4.78 is 51.0. The van der Waals surface area contributed by atoms with Gasteiger partial charge in [0.1, 0.15) is 5.82 Å². The zero-order valence-electron chi connectivity index (χ0n) is 12.5. The van der Waals surface area contributed by atoms with Gasteiger partial charge in [0.2, 0.25) is 0 Å². The topological polar surface area (TPSA) is 41.5 Å². The third-order valence-electron chi connectivity index (χ3n) is 3.22. The number of aliphatic imine (C=N–C) groups is 1. The number of thioether (sulfide) groups is 1. The molecular formula is C17H10F4N2OS. The Morgan fingerprint density at radius 2 is 1.80 bits per heavy atom. The van der Waals surface area contributed by atoms with E-state index in [1.54, 1.807) is 6.08 Å². The van der Waals surface area contributed by atoms with Crippen LogP contribution >= 0.6 is 11.8 Å². The Morgan fingerprint density at radius 3 is 2.48 bits per heavy atom. The lowest BCUT2D eigenvalue weighted by molar-refractivity contribution is -0.137. The monoisotopic (exact) mass is 366 g/mol. The fraction of sp³-hybridized carbons (Fsp3) is 0.0588. The summed E-state index contributed by atoms with van der Waals surface area (Å²) in [4.78, 5) is 16.3. The van der Waals surface area contributed by atoms with E-state index in [0.29, 0.717) is 10.5 Å². The van der Waals surface area contributed by atoms with Gasteiger partial charge < -0.3 is 5.32 Å². The van der Waals surface area contributed by atoms with Crippen molar-refractivity contribution >= 4 is 34.6 Å². The lowest BCUT2D eigenvalue weighted by Gasteiger charge is -2.06. The summed E-state index contributed by atoms with van der Waals surface area (Å²) in [5, 5.41) is 2.67. The van der Waals surface area contributed by atoms with E-state index in [9.17, 15) is 22.4 Å². The molecule has 1 aliphatic heterocycles. The molecule has 1 heterocycles. The number of nitrogens with one attached hydrogen (secondary N) is 1. The van der Waals surface area contributed by atoms with Crippen molar-refractivity contribution in [2.45, 2.75) is 6.18 Å². The van der Waals surface area contributed by atoms with Crippen molar-refractivity contribution in [1.29, 1.82) is 0 Å². The Hall–Kier alpha value is -2.61. The molecule has 2 aromatic carbocycles. The molecule has 0 spiro atoms. The van der Waals surface area contributed by atoms with Crippen LogP contribution in [-0.4, -0.2) is 11.1 Å². The molecule has 25 heavy (non-hydrogen) atoms. The van der Waals surface area contributed by atoms with Crippen LogP contribution in [0.1, 0.15) is 11.1 Å². The average molecular weight is 366 g/mol. The van der Waals surface area contributed by atoms with Gasteiger partial charge in [0.05, 0.1) is 16.2 Å². The van der Waals surface area contributed by atoms with Gasteiger partial charge in [-0.25, -0.2) is 9.38 Å². The maximum absolute atomic E-state index is 12.9. The molecular weight excluding hydrogens is 356 g/mol. The van der Waals surface area contributed by atoms with E-state index in [0.717, 1.165) is 23.9 Å². The molecule has 1 saturated heterocycles. The zero-order chi connectivity index (χ0) is 18.0. The van der Waals surface area contributed by atoms with Gasteiger partial charge in [-0.1, -0.05) is 18.2 Å². The molecule has 3 nitrogen and oxygen atoms in total. The molecule has 0 radical (unpaired) electrons. The quantitative estimate of drug-likeness (QED) is 0.616. The number of rotatable bonds is 2. The SMILES string of the molecule is O=C1NC(=Nc2cccc(C(F)(F)F)c2)S/C1=C\c1ccc(F)cc1. The number of benzene rings is 2. The van der Waals surface area contributed by atoms with Crippen molar-refractivity contribution in [2.24, 2.45) is 4.99 Å². The highest BCUT2D eigenvalue weighted by atomic mass is 32.2. The summed E-state index contributed by atoms with van der Waals surface area (Å²) in [6.45, 7) is 0. The summed E-state index contributed by atoms with van der Waals surface area (Å²) in [5.41, 5.74) is -0.106. The van der Waals surface area contributed by atoms with Crippen molar-refractivity contribution in [3.63, 3.8) is 0 Å². The van der Waals surface area contributed by atoms with E-state index < -0.39 is 23.5 Å². The minimum absolute atomic E-state index is 0.0839. The van der Waals surface area contributed by atoms with Crippen LogP contribution in [0.2, 0.25) is 0 Å². The standard InChI is InChI=1S/C17H10F4N2OS/c18-12-6-4-10(5-7-12)8-14-15(24)23-16(25-14)22-13-3-1-2-11(9-13)17(19,20)21/h1-9H,(H,22,23,24)/b14-8-. The number of carbonyl (C=O) groups excluding carboxylic acids is 1. The van der Waals surface area contributed by atoms with Crippen LogP contribution in [-0.2, 0) is 11.0 Å². The van der Waals surface area contributed by atoms with E-state index >= 15 is 0 Å². The smallest absolute Gasteiger partial charge is 0.300 e. The number of carbonyl (C=O) groups is 1. The highest BCUT2D eigenvalue weighted by Gasteiger charge is 2.30. The molecule has 0 atom stereocenters. The number of halogens is 4. The first-order valence-electron chi connectivity index (χ1n) is 7.04. The predicted octanol–water partition coefficient (Wildman–Crippen LogP) is 4.74. The molecule has 1 amide bonds. The van der Waals surface area contributed by atoms with Gasteiger partial charge in [-0.05, 0) is 53.7 Å². The molecule has 8 heteroatoms. The van der Waals surface area contributed by atoms with Crippen molar-refractivity contribution in [1.82, 2.24) is 5.32 Å². The van der Waals surface area contributed by atoms with E-state index in [1.807, 2.05) is 0 Å². The highest BCUT2D eigenvalue weighted by molar-refractivity contribution is 8.18. The molecule has 1 N–H and O–H groups in total. The average Bonchev–Trinajstić information content (AvgIpc) is 2.88. The fourth-order valence-corrected chi connectivity index (χ4v) is 2.90. The summed E-state index contributed by atoms with van der Waals surface area (Å²) in [6, 6.07) is 10.1. The molecule has 0 saturated carbocycles. The number of amidine groups is 1. The molecule has 128 valence electrons. The molecule has 0 aromatic heterocycles. The van der Waals surface area contributed by atoms with E-state index in [-0.39, 0.29) is 10.9 Å². The van der Waals surface area contributed by atoms with Crippen molar-refractivity contribution < 1.29 is 22.4 Å². The first kappa shape index (κ1) is 17.2. The lowest BCUT2D eigenvalue weighted by atomic mass is 10.2. The van der Waals surface area contributed by atoms with Gasteiger partial charge in [-0.15, -0.1) is 0 Å². The third kappa shape index (κ3) is 4.27. The van der Waals surface area contributed by atoms with Crippen molar-refractivity contribution in [3.8, 4) is 0 Å². The first-order chi connectivity index (χ1) is 11.8. The van der Waals surface area contributed by atoms with Crippen LogP contribution in [0.3, 0.4) is 0 Å². The maximum atomic E-state index is 12.9. The van der Waals surface area contributed by atoms with Gasteiger partial charge in [0, 0.05) is 0 Å². The second-order valence-electron chi connectivity index (χ2n) is 5.08. The molecule has 3 rings (SSSR count).